The Balaban J connectivity index is 1.31. The molecule has 0 saturated heterocycles. The van der Waals surface area contributed by atoms with E-state index in [1.807, 2.05) is 36.4 Å². The average molecular weight is 450 g/mol. The van der Waals surface area contributed by atoms with Crippen molar-refractivity contribution >= 4 is 18.0 Å². The third-order valence-electron chi connectivity index (χ3n) is 6.11. The maximum Gasteiger partial charge on any atom is 0.407 e. The normalized spacial score (nSPS) is 20.4. The highest BCUT2D eigenvalue weighted by Gasteiger charge is 2.32. The molecule has 4 N–H and O–H groups in total. The Kier molecular flexibility index (Phi) is 6.46. The number of fused-ring (bicyclic) bond motifs is 3. The molecule has 172 valence electrons. The zero-order chi connectivity index (χ0) is 23.5. The van der Waals surface area contributed by atoms with E-state index in [9.17, 15) is 19.5 Å². The molecule has 4 atom stereocenters. The summed E-state index contributed by atoms with van der Waals surface area (Å²) in [6, 6.07) is 14.3. The number of benzene rings is 2. The van der Waals surface area contributed by atoms with Crippen LogP contribution >= 0.6 is 0 Å². The lowest BCUT2D eigenvalue weighted by Gasteiger charge is -2.20. The van der Waals surface area contributed by atoms with Gasteiger partial charge in [-0.1, -0.05) is 60.7 Å². The maximum absolute atomic E-state index is 12.4. The number of aliphatic hydroxyl groups excluding tert-OH is 1. The first kappa shape index (κ1) is 22.5. The highest BCUT2D eigenvalue weighted by atomic mass is 16.5. The van der Waals surface area contributed by atoms with E-state index in [0.717, 1.165) is 22.3 Å². The van der Waals surface area contributed by atoms with Gasteiger partial charge in [0.15, 0.2) is 6.04 Å². The van der Waals surface area contributed by atoms with Crippen molar-refractivity contribution in [3.63, 3.8) is 0 Å². The van der Waals surface area contributed by atoms with Crippen molar-refractivity contribution in [3.8, 4) is 11.1 Å². The predicted molar refractivity (Wildman–Crippen MR) is 120 cm³/mol. The second-order valence-corrected chi connectivity index (χ2v) is 8.37. The van der Waals surface area contributed by atoms with Gasteiger partial charge in [0, 0.05) is 5.92 Å². The van der Waals surface area contributed by atoms with E-state index in [1.54, 1.807) is 12.2 Å². The summed E-state index contributed by atoms with van der Waals surface area (Å²) in [6.45, 7) is 1.49. The molecule has 0 aromatic heterocycles. The zero-order valence-corrected chi connectivity index (χ0v) is 18.1. The number of nitrogens with one attached hydrogen (secondary N) is 2. The predicted octanol–water partition coefficient (Wildman–Crippen LogP) is 2.42. The average Bonchev–Trinajstić information content (AvgIpc) is 3.38. The topological polar surface area (TPSA) is 125 Å². The Labute approximate surface area is 191 Å². The summed E-state index contributed by atoms with van der Waals surface area (Å²) in [5, 5.41) is 23.7. The molecular weight excluding hydrogens is 424 g/mol. The monoisotopic (exact) mass is 450 g/mol. The summed E-state index contributed by atoms with van der Waals surface area (Å²) >= 11 is 0. The van der Waals surface area contributed by atoms with Crippen molar-refractivity contribution < 1.29 is 29.3 Å². The molecule has 0 spiro atoms. The van der Waals surface area contributed by atoms with E-state index in [1.165, 1.54) is 6.92 Å². The van der Waals surface area contributed by atoms with E-state index in [-0.39, 0.29) is 18.9 Å². The van der Waals surface area contributed by atoms with Crippen LogP contribution in [0.5, 0.6) is 0 Å². The number of hydrogen-bond acceptors (Lipinski definition) is 5. The smallest absolute Gasteiger partial charge is 0.407 e. The molecule has 2 aromatic rings. The van der Waals surface area contributed by atoms with Crippen LogP contribution < -0.4 is 10.6 Å². The molecule has 2 unspecified atom stereocenters. The fourth-order valence-electron chi connectivity index (χ4n) is 4.44. The van der Waals surface area contributed by atoms with Gasteiger partial charge in [0.25, 0.3) is 0 Å². The molecule has 2 aromatic carbocycles. The Morgan fingerprint density at radius 1 is 1.03 bits per heavy atom. The maximum atomic E-state index is 12.4. The number of ether oxygens (including phenoxy) is 1. The number of carboxylic acids is 1. The largest absolute Gasteiger partial charge is 0.480 e. The van der Waals surface area contributed by atoms with Crippen LogP contribution in [-0.2, 0) is 14.3 Å². The van der Waals surface area contributed by atoms with Crippen molar-refractivity contribution in [2.24, 2.45) is 5.92 Å². The van der Waals surface area contributed by atoms with Gasteiger partial charge < -0.3 is 25.6 Å². The van der Waals surface area contributed by atoms with Crippen LogP contribution in [-0.4, -0.2) is 53.0 Å². The molecule has 33 heavy (non-hydrogen) atoms. The second kappa shape index (κ2) is 9.46. The number of rotatable bonds is 7. The van der Waals surface area contributed by atoms with Gasteiger partial charge in [-0.15, -0.1) is 0 Å². The Hall–Kier alpha value is -3.65. The minimum absolute atomic E-state index is 0.0470. The number of carboxylic acid groups (broad SMARTS) is 1. The van der Waals surface area contributed by atoms with Crippen molar-refractivity contribution in [1.29, 1.82) is 0 Å². The summed E-state index contributed by atoms with van der Waals surface area (Å²) in [5.74, 6) is -2.48. The quantitative estimate of drug-likeness (QED) is 0.480. The van der Waals surface area contributed by atoms with Crippen molar-refractivity contribution in [2.75, 3.05) is 6.61 Å². The van der Waals surface area contributed by atoms with Crippen LogP contribution in [0, 0.1) is 5.92 Å². The van der Waals surface area contributed by atoms with Gasteiger partial charge in [0.2, 0.25) is 5.91 Å². The van der Waals surface area contributed by atoms with Crippen molar-refractivity contribution in [1.82, 2.24) is 10.6 Å². The lowest BCUT2D eigenvalue weighted by Crippen LogP contribution is -2.49. The number of aliphatic hydroxyl groups is 1. The molecule has 0 bridgehead atoms. The fraction of sp³-hybridized carbons (Fsp3) is 0.320. The molecule has 8 nitrogen and oxygen atoms in total. The second-order valence-electron chi connectivity index (χ2n) is 8.37. The molecular formula is C25H26N2O6. The molecule has 2 aliphatic rings. The van der Waals surface area contributed by atoms with Crippen molar-refractivity contribution in [3.05, 3.63) is 71.8 Å². The molecule has 0 heterocycles. The highest BCUT2D eigenvalue weighted by molar-refractivity contribution is 5.87. The summed E-state index contributed by atoms with van der Waals surface area (Å²) < 4.78 is 5.53. The van der Waals surface area contributed by atoms with Crippen LogP contribution in [0.4, 0.5) is 4.79 Å². The lowest BCUT2D eigenvalue weighted by atomic mass is 9.98. The van der Waals surface area contributed by atoms with Gasteiger partial charge in [-0.25, -0.2) is 9.59 Å². The third-order valence-corrected chi connectivity index (χ3v) is 6.11. The molecule has 0 fully saturated rings. The number of alkyl carbamates (subject to hydrolysis) is 1. The minimum Gasteiger partial charge on any atom is -0.480 e. The molecule has 2 aliphatic carbocycles. The molecule has 8 heteroatoms. The first-order chi connectivity index (χ1) is 15.8. The lowest BCUT2D eigenvalue weighted by molar-refractivity contribution is -0.145. The molecule has 0 saturated carbocycles. The Morgan fingerprint density at radius 2 is 1.64 bits per heavy atom. The minimum atomic E-state index is -1.39. The highest BCUT2D eigenvalue weighted by Crippen LogP contribution is 2.44. The summed E-state index contributed by atoms with van der Waals surface area (Å²) in [6.07, 6.45) is 1.77. The summed E-state index contributed by atoms with van der Waals surface area (Å²) in [5.41, 5.74) is 4.53. The van der Waals surface area contributed by atoms with E-state index in [0.29, 0.717) is 0 Å². The van der Waals surface area contributed by atoms with Crippen LogP contribution in [0.15, 0.2) is 60.7 Å². The number of carbonyl (C=O) groups excluding carboxylic acids is 2. The van der Waals surface area contributed by atoms with Gasteiger partial charge in [-0.3, -0.25) is 4.79 Å². The number of aliphatic carboxylic acids is 1. The van der Waals surface area contributed by atoms with Gasteiger partial charge in [-0.05, 0) is 35.6 Å². The SMILES string of the molecule is C[C@@H](O)[C@H](NC(=O)C1C=CC(NC(=O)OCC2c3ccccc3-c3ccccc32)C1)C(=O)O. The van der Waals surface area contributed by atoms with Gasteiger partial charge in [0.05, 0.1) is 18.1 Å². The van der Waals surface area contributed by atoms with Gasteiger partial charge in [0.1, 0.15) is 6.61 Å². The number of amides is 2. The van der Waals surface area contributed by atoms with Gasteiger partial charge in [-0.2, -0.15) is 0 Å². The summed E-state index contributed by atoms with van der Waals surface area (Å²) in [7, 11) is 0. The zero-order valence-electron chi connectivity index (χ0n) is 18.1. The van der Waals surface area contributed by atoms with Crippen LogP contribution in [0.3, 0.4) is 0 Å². The molecule has 2 amide bonds. The van der Waals surface area contributed by atoms with E-state index in [2.05, 4.69) is 22.8 Å². The van der Waals surface area contributed by atoms with E-state index >= 15 is 0 Å². The van der Waals surface area contributed by atoms with Gasteiger partial charge >= 0.3 is 12.1 Å². The number of hydrogen-bond donors (Lipinski definition) is 4. The molecule has 0 radical (unpaired) electrons. The van der Waals surface area contributed by atoms with Crippen LogP contribution in [0.2, 0.25) is 0 Å². The van der Waals surface area contributed by atoms with E-state index in [4.69, 9.17) is 9.84 Å². The molecule has 0 aliphatic heterocycles. The van der Waals surface area contributed by atoms with Crippen LogP contribution in [0.1, 0.15) is 30.4 Å². The number of carbonyl (C=O) groups is 3. The fourth-order valence-corrected chi connectivity index (χ4v) is 4.44. The standard InChI is InChI=1S/C25H26N2O6/c1-14(28)22(24(30)31)27-23(29)15-10-11-16(12-15)26-25(32)33-13-21-19-8-4-2-6-17(19)18-7-3-5-9-20(18)21/h2-11,14-16,21-22,28H,12-13H2,1H3,(H,26,32)(H,27,29)(H,30,31)/t14-,15?,16?,22+/m1/s1. The molecule has 4 rings (SSSR count). The van der Waals surface area contributed by atoms with E-state index < -0.39 is 42.1 Å². The Morgan fingerprint density at radius 3 is 2.21 bits per heavy atom. The van der Waals surface area contributed by atoms with Crippen molar-refractivity contribution in [2.45, 2.75) is 37.5 Å². The third kappa shape index (κ3) is 4.75. The first-order valence-corrected chi connectivity index (χ1v) is 10.9. The van der Waals surface area contributed by atoms with Crippen LogP contribution in [0.25, 0.3) is 11.1 Å². The Bertz CT molecular complexity index is 1050. The first-order valence-electron chi connectivity index (χ1n) is 10.9. The summed E-state index contributed by atoms with van der Waals surface area (Å²) in [4.78, 5) is 36.0.